The van der Waals surface area contributed by atoms with Gasteiger partial charge in [0.25, 0.3) is 5.70 Å². The molecule has 2 fully saturated rings. The monoisotopic (exact) mass is 515 g/mol. The fraction of sp³-hybridized carbons (Fsp3) is 0.433. The maximum absolute atomic E-state index is 13.4. The largest absolute Gasteiger partial charge is 0.504 e. The van der Waals surface area contributed by atoms with Crippen LogP contribution in [0.15, 0.2) is 54.8 Å². The number of phenolic OH excluding ortho intramolecular Hbond substituents is 1. The molecule has 5 atom stereocenters. The summed E-state index contributed by atoms with van der Waals surface area (Å²) in [6, 6.07) is 11.6. The molecule has 2 heterocycles. The number of hydrogen-bond acceptors (Lipinski definition) is 6. The fourth-order valence-electron chi connectivity index (χ4n) is 7.71. The number of hydrogen-bond donors (Lipinski definition) is 1. The first-order valence-electron chi connectivity index (χ1n) is 13.3. The minimum Gasteiger partial charge on any atom is -0.504 e. The Morgan fingerprint density at radius 1 is 1.34 bits per heavy atom. The number of ether oxygens (including phenoxy) is 1. The molecule has 198 valence electrons. The van der Waals surface area contributed by atoms with Crippen molar-refractivity contribution < 1.29 is 19.6 Å². The Balaban J connectivity index is 1.33. The van der Waals surface area contributed by atoms with E-state index in [1.54, 1.807) is 17.0 Å². The maximum Gasteiger partial charge on any atom is 0.253 e. The Kier molecular flexibility index (Phi) is 5.83. The number of aromatic hydroxyl groups is 1. The van der Waals surface area contributed by atoms with Crippen molar-refractivity contribution in [3.8, 4) is 11.5 Å². The van der Waals surface area contributed by atoms with E-state index in [1.807, 2.05) is 50.4 Å². The van der Waals surface area contributed by atoms with Crippen molar-refractivity contribution in [3.05, 3.63) is 87.1 Å². The van der Waals surface area contributed by atoms with Crippen LogP contribution in [0.4, 0.5) is 0 Å². The van der Waals surface area contributed by atoms with Crippen LogP contribution in [0.25, 0.3) is 6.08 Å². The number of nitro groups is 1. The van der Waals surface area contributed by atoms with Crippen LogP contribution in [0.5, 0.6) is 11.5 Å². The van der Waals surface area contributed by atoms with Crippen LogP contribution in [0.2, 0.25) is 0 Å². The van der Waals surface area contributed by atoms with E-state index in [4.69, 9.17) is 4.74 Å². The predicted molar refractivity (Wildman–Crippen MR) is 144 cm³/mol. The number of phenols is 1. The van der Waals surface area contributed by atoms with Crippen molar-refractivity contribution in [2.75, 3.05) is 20.1 Å². The summed E-state index contributed by atoms with van der Waals surface area (Å²) >= 11 is 0. The molecule has 2 aromatic rings. The molecule has 1 spiro atoms. The molecule has 1 saturated heterocycles. The first-order chi connectivity index (χ1) is 18.2. The first kappa shape index (κ1) is 24.7. The Hall–Kier alpha value is -3.65. The highest BCUT2D eigenvalue weighted by Gasteiger charge is 2.66. The van der Waals surface area contributed by atoms with E-state index in [0.717, 1.165) is 47.9 Å². The highest BCUT2D eigenvalue weighted by atomic mass is 16.6. The molecule has 1 N–H and O–H groups in total. The number of piperidine rings is 1. The Labute approximate surface area is 222 Å². The molecule has 0 unspecified atom stereocenters. The minimum atomic E-state index is -0.388. The molecule has 6 rings (SSSR count). The van der Waals surface area contributed by atoms with Gasteiger partial charge in [0, 0.05) is 36.7 Å². The van der Waals surface area contributed by atoms with E-state index in [0.29, 0.717) is 12.3 Å². The smallest absolute Gasteiger partial charge is 0.253 e. The highest BCUT2D eigenvalue weighted by Crippen LogP contribution is 2.64. The average Bonchev–Trinajstić information content (AvgIpc) is 3.25. The van der Waals surface area contributed by atoms with Crippen LogP contribution >= 0.6 is 0 Å². The average molecular weight is 516 g/mol. The molecule has 8 nitrogen and oxygen atoms in total. The molecule has 0 aromatic heterocycles. The van der Waals surface area contributed by atoms with Gasteiger partial charge < -0.3 is 14.7 Å². The van der Waals surface area contributed by atoms with Crippen molar-refractivity contribution in [1.29, 1.82) is 0 Å². The summed E-state index contributed by atoms with van der Waals surface area (Å²) in [6.45, 7) is 6.63. The third kappa shape index (κ3) is 3.65. The van der Waals surface area contributed by atoms with Crippen molar-refractivity contribution in [2.45, 2.75) is 56.2 Å². The Morgan fingerprint density at radius 3 is 2.92 bits per heavy atom. The van der Waals surface area contributed by atoms with Gasteiger partial charge in [0.1, 0.15) is 6.10 Å². The second kappa shape index (κ2) is 8.98. The molecule has 2 aromatic carbocycles. The second-order valence-corrected chi connectivity index (χ2v) is 11.3. The summed E-state index contributed by atoms with van der Waals surface area (Å²) in [5.74, 6) is 0.837. The van der Waals surface area contributed by atoms with E-state index >= 15 is 0 Å². The number of rotatable bonds is 6. The van der Waals surface area contributed by atoms with Gasteiger partial charge in [-0.05, 0) is 68.4 Å². The molecule has 8 heteroatoms. The molecule has 2 aliphatic carbocycles. The summed E-state index contributed by atoms with van der Waals surface area (Å²) in [5.41, 5.74) is 4.02. The predicted octanol–water partition coefficient (Wildman–Crippen LogP) is 4.07. The van der Waals surface area contributed by atoms with Gasteiger partial charge in [-0.25, -0.2) is 0 Å². The number of likely N-dealkylation sites (tertiary alicyclic amines) is 1. The summed E-state index contributed by atoms with van der Waals surface area (Å²) in [6.07, 6.45) is 6.35. The fourth-order valence-corrected chi connectivity index (χ4v) is 7.71. The number of aryl methyl sites for hydroxylation is 1. The lowest BCUT2D eigenvalue weighted by Gasteiger charge is -2.60. The van der Waals surface area contributed by atoms with E-state index in [1.165, 1.54) is 0 Å². The van der Waals surface area contributed by atoms with Gasteiger partial charge in [-0.3, -0.25) is 19.8 Å². The molecular weight excluding hydrogens is 482 g/mol. The van der Waals surface area contributed by atoms with Gasteiger partial charge in [0.2, 0.25) is 5.91 Å². The van der Waals surface area contributed by atoms with Crippen LogP contribution < -0.4 is 4.74 Å². The zero-order chi connectivity index (χ0) is 26.8. The topological polar surface area (TPSA) is 96.2 Å². The van der Waals surface area contributed by atoms with Crippen LogP contribution in [0, 0.1) is 23.0 Å². The number of likely N-dealkylation sites (N-methyl/N-ethyl adjacent to an activating group) is 1. The van der Waals surface area contributed by atoms with Gasteiger partial charge in [-0.15, -0.1) is 0 Å². The van der Waals surface area contributed by atoms with E-state index < -0.39 is 0 Å². The summed E-state index contributed by atoms with van der Waals surface area (Å²) in [5, 5.41) is 22.1. The molecule has 2 aliphatic heterocycles. The SMILES string of the molecule is C=C(CN1CC[C@]23c4c5ccc(O)c4O[C@H]2[C@H](N(C)C(=O)C=Cc2cccc(C)c2)CC[C@H]3[C@H]1C5)[N+](=O)[O-]. The molecule has 38 heavy (non-hydrogen) atoms. The second-order valence-electron chi connectivity index (χ2n) is 11.3. The lowest BCUT2D eigenvalue weighted by Crippen LogP contribution is -2.69. The zero-order valence-corrected chi connectivity index (χ0v) is 21.8. The van der Waals surface area contributed by atoms with Crippen molar-refractivity contribution >= 4 is 12.0 Å². The van der Waals surface area contributed by atoms with Crippen LogP contribution in [0.3, 0.4) is 0 Å². The Bertz CT molecular complexity index is 1370. The summed E-state index contributed by atoms with van der Waals surface area (Å²) in [7, 11) is 1.84. The molecular formula is C30H33N3O5. The van der Waals surface area contributed by atoms with Gasteiger partial charge >= 0.3 is 0 Å². The number of amides is 1. The van der Waals surface area contributed by atoms with Crippen LogP contribution in [-0.2, 0) is 16.6 Å². The summed E-state index contributed by atoms with van der Waals surface area (Å²) < 4.78 is 6.61. The van der Waals surface area contributed by atoms with E-state index in [9.17, 15) is 20.0 Å². The number of carbonyl (C=O) groups is 1. The first-order valence-corrected chi connectivity index (χ1v) is 13.3. The molecule has 1 saturated carbocycles. The van der Waals surface area contributed by atoms with Gasteiger partial charge in [-0.1, -0.05) is 35.9 Å². The van der Waals surface area contributed by atoms with Crippen LogP contribution in [0.1, 0.15) is 41.5 Å². The number of nitrogens with zero attached hydrogens (tertiary/aromatic N) is 3. The molecule has 2 bridgehead atoms. The van der Waals surface area contributed by atoms with E-state index in [2.05, 4.69) is 11.5 Å². The molecule has 0 radical (unpaired) electrons. The normalized spacial score (nSPS) is 29.0. The van der Waals surface area contributed by atoms with Gasteiger partial charge in [-0.2, -0.15) is 0 Å². The van der Waals surface area contributed by atoms with Crippen LogP contribution in [-0.4, -0.2) is 64.1 Å². The van der Waals surface area contributed by atoms with Crippen molar-refractivity contribution in [3.63, 3.8) is 0 Å². The van der Waals surface area contributed by atoms with E-state index in [-0.39, 0.29) is 58.3 Å². The van der Waals surface area contributed by atoms with Crippen molar-refractivity contribution in [1.82, 2.24) is 9.80 Å². The lowest BCUT2D eigenvalue weighted by molar-refractivity contribution is -0.428. The zero-order valence-electron chi connectivity index (χ0n) is 21.8. The lowest BCUT2D eigenvalue weighted by atomic mass is 9.51. The number of carbonyl (C=O) groups excluding carboxylic acids is 1. The third-order valence-corrected chi connectivity index (χ3v) is 9.35. The summed E-state index contributed by atoms with van der Waals surface area (Å²) in [4.78, 5) is 28.3. The number of benzene rings is 2. The van der Waals surface area contributed by atoms with Gasteiger partial charge in [0.15, 0.2) is 11.5 Å². The standard InChI is InChI=1S/C30H33N3O5/c1-18-5-4-6-20(15-18)7-12-26(35)31(3)23-10-9-22-24-16-21-8-11-25(34)28-27(21)30(22,29(23)38-28)13-14-32(24)17-19(2)33(36)37/h4-8,11-12,15,22-24,29,34H,2,9-10,13-14,16-17H2,1,3H3/t22-,23+,24+,29-,30-/m0/s1. The molecule has 1 amide bonds. The van der Waals surface area contributed by atoms with Crippen molar-refractivity contribution in [2.24, 2.45) is 5.92 Å². The highest BCUT2D eigenvalue weighted by molar-refractivity contribution is 5.92. The molecule has 4 aliphatic rings. The third-order valence-electron chi connectivity index (χ3n) is 9.35. The minimum absolute atomic E-state index is 0.0109. The quantitative estimate of drug-likeness (QED) is 0.354. The Morgan fingerprint density at radius 2 is 2.16 bits per heavy atom. The van der Waals surface area contributed by atoms with Gasteiger partial charge in [0.05, 0.1) is 17.5 Å². The maximum atomic E-state index is 13.4.